The zero-order valence-corrected chi connectivity index (χ0v) is 11.1. The summed E-state index contributed by atoms with van der Waals surface area (Å²) in [5.74, 6) is 0.315. The molecule has 0 spiro atoms. The summed E-state index contributed by atoms with van der Waals surface area (Å²) >= 11 is 1.40. The van der Waals surface area contributed by atoms with Crippen LogP contribution in [0.4, 0.5) is 0 Å². The third-order valence-corrected chi connectivity index (χ3v) is 3.20. The second kappa shape index (κ2) is 7.88. The van der Waals surface area contributed by atoms with Gasteiger partial charge in [0.2, 0.25) is 5.91 Å². The average Bonchev–Trinajstić information content (AvgIpc) is 2.33. The van der Waals surface area contributed by atoms with Crippen molar-refractivity contribution in [2.75, 3.05) is 12.3 Å². The Morgan fingerprint density at radius 2 is 2.44 bits per heavy atom. The number of amides is 1. The molecule has 1 atom stereocenters. The number of aromatic amines is 1. The Balaban J connectivity index is 2.38. The molecule has 0 aliphatic carbocycles. The summed E-state index contributed by atoms with van der Waals surface area (Å²) < 4.78 is 0. The molecule has 0 aliphatic heterocycles. The number of aromatic nitrogens is 2. The maximum Gasteiger partial charge on any atom is 0.251 e. The first-order chi connectivity index (χ1) is 8.63. The zero-order valence-electron chi connectivity index (χ0n) is 10.3. The number of nitrogens with two attached hydrogens (primary N) is 1. The highest BCUT2D eigenvalue weighted by Gasteiger charge is 2.13. The molecular formula is C11H18N4O2S. The first-order valence-corrected chi connectivity index (χ1v) is 6.83. The van der Waals surface area contributed by atoms with Gasteiger partial charge in [-0.2, -0.15) is 0 Å². The molecule has 0 radical (unpaired) electrons. The van der Waals surface area contributed by atoms with E-state index in [9.17, 15) is 9.59 Å². The molecule has 4 N–H and O–H groups in total. The molecule has 0 bridgehead atoms. The van der Waals surface area contributed by atoms with Crippen LogP contribution in [0.1, 0.15) is 19.8 Å². The summed E-state index contributed by atoms with van der Waals surface area (Å²) in [6.45, 7) is 2.79. The molecule has 1 unspecified atom stereocenters. The fourth-order valence-electron chi connectivity index (χ4n) is 1.36. The Kier molecular flexibility index (Phi) is 6.45. The van der Waals surface area contributed by atoms with Crippen molar-refractivity contribution in [2.45, 2.75) is 31.0 Å². The van der Waals surface area contributed by atoms with E-state index < -0.39 is 0 Å². The van der Waals surface area contributed by atoms with Crippen LogP contribution in [0, 0.1) is 0 Å². The van der Waals surface area contributed by atoms with E-state index in [4.69, 9.17) is 5.73 Å². The second-order valence-electron chi connectivity index (χ2n) is 3.79. The molecule has 6 nitrogen and oxygen atoms in total. The zero-order chi connectivity index (χ0) is 13.4. The molecular weight excluding hydrogens is 252 g/mol. The number of thioether (sulfide) groups is 1. The molecule has 0 aliphatic rings. The third-order valence-electron chi connectivity index (χ3n) is 2.28. The average molecular weight is 270 g/mol. The highest BCUT2D eigenvalue weighted by molar-refractivity contribution is 7.99. The van der Waals surface area contributed by atoms with Crippen LogP contribution in [0.2, 0.25) is 0 Å². The molecule has 18 heavy (non-hydrogen) atoms. The van der Waals surface area contributed by atoms with Crippen molar-refractivity contribution < 1.29 is 4.79 Å². The number of nitrogens with one attached hydrogen (secondary N) is 2. The lowest BCUT2D eigenvalue weighted by Crippen LogP contribution is -2.42. The number of carbonyl (C=O) groups excluding carboxylic acids is 1. The smallest absolute Gasteiger partial charge is 0.251 e. The fourth-order valence-corrected chi connectivity index (χ4v) is 2.22. The van der Waals surface area contributed by atoms with Gasteiger partial charge >= 0.3 is 0 Å². The summed E-state index contributed by atoms with van der Waals surface area (Å²) in [6.07, 6.45) is 3.02. The molecule has 1 amide bonds. The minimum Gasteiger partial charge on any atom is -0.368 e. The van der Waals surface area contributed by atoms with E-state index in [1.807, 2.05) is 6.92 Å². The predicted octanol–water partition coefficient (Wildman–Crippen LogP) is 0.106. The molecule has 0 saturated carbocycles. The van der Waals surface area contributed by atoms with Crippen LogP contribution >= 0.6 is 11.8 Å². The van der Waals surface area contributed by atoms with Gasteiger partial charge in [0.15, 0.2) is 5.16 Å². The summed E-state index contributed by atoms with van der Waals surface area (Å²) in [4.78, 5) is 28.8. The summed E-state index contributed by atoms with van der Waals surface area (Å²) in [6, 6.07) is 1.03. The van der Waals surface area contributed by atoms with E-state index in [2.05, 4.69) is 15.3 Å². The van der Waals surface area contributed by atoms with Gasteiger partial charge in [-0.25, -0.2) is 4.98 Å². The topological polar surface area (TPSA) is 101 Å². The lowest BCUT2D eigenvalue weighted by molar-refractivity contribution is -0.120. The predicted molar refractivity (Wildman–Crippen MR) is 71.5 cm³/mol. The van der Waals surface area contributed by atoms with Crippen LogP contribution in [0.5, 0.6) is 0 Å². The quantitative estimate of drug-likeness (QED) is 0.459. The number of rotatable bonds is 8. The highest BCUT2D eigenvalue weighted by atomic mass is 32.2. The van der Waals surface area contributed by atoms with Crippen LogP contribution in [0.15, 0.2) is 22.2 Å². The van der Waals surface area contributed by atoms with Crippen molar-refractivity contribution in [3.05, 3.63) is 22.6 Å². The van der Waals surface area contributed by atoms with E-state index in [-0.39, 0.29) is 17.5 Å². The minimum atomic E-state index is -0.349. The Hall–Kier alpha value is -1.34. The second-order valence-corrected chi connectivity index (χ2v) is 4.87. The highest BCUT2D eigenvalue weighted by Crippen LogP contribution is 2.12. The first kappa shape index (κ1) is 14.7. The van der Waals surface area contributed by atoms with Gasteiger partial charge in [0.1, 0.15) is 0 Å². The lowest BCUT2D eigenvalue weighted by Gasteiger charge is -2.14. The fraction of sp³-hybridized carbons (Fsp3) is 0.545. The molecule has 100 valence electrons. The maximum absolute atomic E-state index is 11.2. The number of nitrogens with zero attached hydrogens (tertiary/aromatic N) is 1. The molecule has 7 heteroatoms. The van der Waals surface area contributed by atoms with Gasteiger partial charge in [-0.15, -0.1) is 0 Å². The Morgan fingerprint density at radius 3 is 3.06 bits per heavy atom. The number of carbonyl (C=O) groups is 1. The van der Waals surface area contributed by atoms with E-state index in [0.717, 1.165) is 13.0 Å². The molecule has 0 saturated heterocycles. The van der Waals surface area contributed by atoms with Crippen molar-refractivity contribution in [2.24, 2.45) is 5.73 Å². The normalized spacial score (nSPS) is 12.3. The van der Waals surface area contributed by atoms with Crippen LogP contribution in [-0.4, -0.2) is 34.2 Å². The van der Waals surface area contributed by atoms with E-state index >= 15 is 0 Å². The monoisotopic (exact) mass is 270 g/mol. The van der Waals surface area contributed by atoms with Crippen molar-refractivity contribution in [1.29, 1.82) is 0 Å². The van der Waals surface area contributed by atoms with E-state index in [1.165, 1.54) is 24.0 Å². The summed E-state index contributed by atoms with van der Waals surface area (Å²) in [7, 11) is 0. The van der Waals surface area contributed by atoms with Gasteiger partial charge in [-0.3, -0.25) is 9.59 Å². The lowest BCUT2D eigenvalue weighted by atomic mass is 10.2. The standard InChI is InChI=1S/C11H18N4O2S/c1-2-5-13-8(10(12)17)4-7-18-11-14-6-3-9(16)15-11/h3,6,8,13H,2,4-5,7H2,1H3,(H2,12,17)(H,14,15,16). The van der Waals surface area contributed by atoms with Crippen molar-refractivity contribution >= 4 is 17.7 Å². The third kappa shape index (κ3) is 5.33. The van der Waals surface area contributed by atoms with E-state index in [1.54, 1.807) is 0 Å². The molecule has 0 aromatic carbocycles. The Labute approximate surface area is 110 Å². The van der Waals surface area contributed by atoms with Gasteiger partial charge < -0.3 is 16.0 Å². The largest absolute Gasteiger partial charge is 0.368 e. The molecule has 0 fully saturated rings. The van der Waals surface area contributed by atoms with Crippen LogP contribution < -0.4 is 16.6 Å². The number of hydrogen-bond acceptors (Lipinski definition) is 5. The number of hydrogen-bond donors (Lipinski definition) is 3. The van der Waals surface area contributed by atoms with Crippen molar-refractivity contribution in [1.82, 2.24) is 15.3 Å². The summed E-state index contributed by atoms with van der Waals surface area (Å²) in [5, 5.41) is 3.64. The SMILES string of the molecule is CCCNC(CCSc1nccc(=O)[nH]1)C(N)=O. The van der Waals surface area contributed by atoms with Gasteiger partial charge in [0.05, 0.1) is 6.04 Å². The van der Waals surface area contributed by atoms with Crippen molar-refractivity contribution in [3.8, 4) is 0 Å². The van der Waals surface area contributed by atoms with E-state index in [0.29, 0.717) is 17.3 Å². The first-order valence-electron chi connectivity index (χ1n) is 5.84. The molecule has 1 aromatic rings. The maximum atomic E-state index is 11.2. The van der Waals surface area contributed by atoms with Crippen LogP contribution in [0.3, 0.4) is 0 Å². The van der Waals surface area contributed by atoms with Gasteiger partial charge in [0, 0.05) is 18.0 Å². The molecule has 1 aromatic heterocycles. The van der Waals surface area contributed by atoms with Crippen LogP contribution in [-0.2, 0) is 4.79 Å². The Bertz CT molecular complexity index is 435. The minimum absolute atomic E-state index is 0.178. The Morgan fingerprint density at radius 1 is 1.67 bits per heavy atom. The van der Waals surface area contributed by atoms with Gasteiger partial charge in [0.25, 0.3) is 5.56 Å². The molecule has 1 heterocycles. The van der Waals surface area contributed by atoms with Crippen LogP contribution in [0.25, 0.3) is 0 Å². The van der Waals surface area contributed by atoms with Crippen molar-refractivity contribution in [3.63, 3.8) is 0 Å². The number of H-pyrrole nitrogens is 1. The summed E-state index contributed by atoms with van der Waals surface area (Å²) in [5.41, 5.74) is 5.12. The number of primary amides is 1. The van der Waals surface area contributed by atoms with Gasteiger partial charge in [-0.1, -0.05) is 18.7 Å². The van der Waals surface area contributed by atoms with Gasteiger partial charge in [-0.05, 0) is 19.4 Å². The molecule has 1 rings (SSSR count).